The highest BCUT2D eigenvalue weighted by Crippen LogP contribution is 2.41. The molecule has 1 aromatic carbocycles. The van der Waals surface area contributed by atoms with Gasteiger partial charge >= 0.3 is 0 Å². The zero-order valence-corrected chi connectivity index (χ0v) is 13.6. The standard InChI is InChI=1S/C16H12ClN3O2S/c17-16-19-14(13-9-2-1-3-12(9)23-15(13)20-16)18-8-4-5-10-11(6-8)22-7-21-10/h4-6H,1-3,7H2,(H,18,19,20). The topological polar surface area (TPSA) is 56.3 Å². The van der Waals surface area contributed by atoms with Crippen LogP contribution in [-0.4, -0.2) is 16.8 Å². The Morgan fingerprint density at radius 3 is 3.00 bits per heavy atom. The van der Waals surface area contributed by atoms with Crippen LogP contribution in [0, 0.1) is 0 Å². The number of hydrogen-bond donors (Lipinski definition) is 1. The third-order valence-electron chi connectivity index (χ3n) is 4.17. The van der Waals surface area contributed by atoms with E-state index in [0.29, 0.717) is 0 Å². The van der Waals surface area contributed by atoms with Crippen LogP contribution in [0.1, 0.15) is 16.9 Å². The van der Waals surface area contributed by atoms with Crippen molar-refractivity contribution in [3.63, 3.8) is 0 Å². The smallest absolute Gasteiger partial charge is 0.231 e. The molecule has 23 heavy (non-hydrogen) atoms. The Kier molecular flexibility index (Phi) is 2.90. The molecule has 2 aromatic heterocycles. The van der Waals surface area contributed by atoms with Gasteiger partial charge in [-0.15, -0.1) is 11.3 Å². The summed E-state index contributed by atoms with van der Waals surface area (Å²) < 4.78 is 10.8. The van der Waals surface area contributed by atoms with Gasteiger partial charge in [0.1, 0.15) is 10.6 Å². The first-order valence-corrected chi connectivity index (χ1v) is 8.62. The number of benzene rings is 1. The van der Waals surface area contributed by atoms with Gasteiger partial charge in [0.25, 0.3) is 0 Å². The molecule has 3 heterocycles. The zero-order chi connectivity index (χ0) is 15.4. The summed E-state index contributed by atoms with van der Waals surface area (Å²) in [5.74, 6) is 2.26. The monoisotopic (exact) mass is 345 g/mol. The van der Waals surface area contributed by atoms with E-state index >= 15 is 0 Å². The van der Waals surface area contributed by atoms with Crippen LogP contribution in [-0.2, 0) is 12.8 Å². The number of aryl methyl sites for hydroxylation is 2. The molecule has 0 fully saturated rings. The van der Waals surface area contributed by atoms with Gasteiger partial charge in [-0.05, 0) is 48.6 Å². The first kappa shape index (κ1) is 13.4. The van der Waals surface area contributed by atoms with Gasteiger partial charge in [0, 0.05) is 16.6 Å². The normalized spacial score (nSPS) is 15.2. The van der Waals surface area contributed by atoms with Gasteiger partial charge in [0.05, 0.1) is 5.39 Å². The van der Waals surface area contributed by atoms with Gasteiger partial charge in [-0.25, -0.2) is 4.98 Å². The molecular weight excluding hydrogens is 334 g/mol. The van der Waals surface area contributed by atoms with Crippen LogP contribution >= 0.6 is 22.9 Å². The number of anilines is 2. The fourth-order valence-electron chi connectivity index (χ4n) is 3.17. The van der Waals surface area contributed by atoms with Crippen molar-refractivity contribution in [3.05, 3.63) is 33.9 Å². The van der Waals surface area contributed by atoms with Crippen LogP contribution in [0.5, 0.6) is 11.5 Å². The lowest BCUT2D eigenvalue weighted by atomic mass is 10.2. The highest BCUT2D eigenvalue weighted by molar-refractivity contribution is 7.19. The van der Waals surface area contributed by atoms with E-state index < -0.39 is 0 Å². The molecule has 0 saturated heterocycles. The van der Waals surface area contributed by atoms with E-state index in [2.05, 4.69) is 15.3 Å². The third-order valence-corrected chi connectivity index (χ3v) is 5.53. The van der Waals surface area contributed by atoms with Crippen LogP contribution in [0.15, 0.2) is 18.2 Å². The number of hydrogen-bond acceptors (Lipinski definition) is 6. The lowest BCUT2D eigenvalue weighted by Crippen LogP contribution is -1.97. The average Bonchev–Trinajstić information content (AvgIpc) is 3.20. The Morgan fingerprint density at radius 1 is 1.13 bits per heavy atom. The highest BCUT2D eigenvalue weighted by Gasteiger charge is 2.22. The van der Waals surface area contributed by atoms with E-state index in [-0.39, 0.29) is 12.1 Å². The number of nitrogens with zero attached hydrogens (tertiary/aromatic N) is 2. The number of ether oxygens (including phenoxy) is 2. The van der Waals surface area contributed by atoms with Gasteiger partial charge in [-0.1, -0.05) is 0 Å². The summed E-state index contributed by atoms with van der Waals surface area (Å²) in [5, 5.41) is 4.73. The first-order chi connectivity index (χ1) is 11.3. The molecule has 0 atom stereocenters. The maximum Gasteiger partial charge on any atom is 0.231 e. The number of rotatable bonds is 2. The molecule has 5 rings (SSSR count). The second-order valence-electron chi connectivity index (χ2n) is 5.57. The maximum absolute atomic E-state index is 6.11. The van der Waals surface area contributed by atoms with Gasteiger partial charge in [-0.2, -0.15) is 4.98 Å². The van der Waals surface area contributed by atoms with E-state index in [4.69, 9.17) is 21.1 Å². The molecule has 5 nitrogen and oxygen atoms in total. The molecule has 2 aliphatic rings. The number of nitrogens with one attached hydrogen (secondary N) is 1. The summed E-state index contributed by atoms with van der Waals surface area (Å²) in [6.07, 6.45) is 3.40. The van der Waals surface area contributed by atoms with Crippen LogP contribution in [0.3, 0.4) is 0 Å². The highest BCUT2D eigenvalue weighted by atomic mass is 35.5. The fraction of sp³-hybridized carbons (Fsp3) is 0.250. The Balaban J connectivity index is 1.62. The molecular formula is C16H12ClN3O2S. The van der Waals surface area contributed by atoms with E-state index in [0.717, 1.165) is 46.1 Å². The molecule has 7 heteroatoms. The second kappa shape index (κ2) is 4.97. The summed E-state index contributed by atoms with van der Waals surface area (Å²) >= 11 is 7.83. The Hall–Kier alpha value is -2.05. The Labute approximate surface area is 141 Å². The van der Waals surface area contributed by atoms with Gasteiger partial charge in [0.2, 0.25) is 12.1 Å². The van der Waals surface area contributed by atoms with Crippen LogP contribution in [0.25, 0.3) is 10.2 Å². The van der Waals surface area contributed by atoms with E-state index in [9.17, 15) is 0 Å². The maximum atomic E-state index is 6.11. The molecule has 0 spiro atoms. The van der Waals surface area contributed by atoms with Crippen molar-refractivity contribution in [3.8, 4) is 11.5 Å². The third kappa shape index (κ3) is 2.13. The van der Waals surface area contributed by atoms with Gasteiger partial charge in [0.15, 0.2) is 11.5 Å². The minimum atomic E-state index is 0.264. The number of fused-ring (bicyclic) bond motifs is 4. The molecule has 0 unspecified atom stereocenters. The predicted octanol–water partition coefficient (Wildman–Crippen LogP) is 4.31. The molecule has 0 amide bonds. The van der Waals surface area contributed by atoms with Crippen LogP contribution < -0.4 is 14.8 Å². The van der Waals surface area contributed by atoms with E-state index in [1.165, 1.54) is 16.9 Å². The summed E-state index contributed by atoms with van der Waals surface area (Å²) in [5.41, 5.74) is 2.26. The average molecular weight is 346 g/mol. The van der Waals surface area contributed by atoms with Gasteiger partial charge in [-0.3, -0.25) is 0 Å². The van der Waals surface area contributed by atoms with Crippen molar-refractivity contribution in [2.75, 3.05) is 12.1 Å². The number of halogens is 1. The molecule has 116 valence electrons. The van der Waals surface area contributed by atoms with Crippen molar-refractivity contribution in [2.45, 2.75) is 19.3 Å². The predicted molar refractivity (Wildman–Crippen MR) is 90.3 cm³/mol. The Bertz CT molecular complexity index is 941. The summed E-state index contributed by atoms with van der Waals surface area (Å²) in [7, 11) is 0. The zero-order valence-electron chi connectivity index (χ0n) is 12.1. The van der Waals surface area contributed by atoms with Crippen molar-refractivity contribution in [2.24, 2.45) is 0 Å². The summed E-state index contributed by atoms with van der Waals surface area (Å²) in [4.78, 5) is 11.2. The van der Waals surface area contributed by atoms with Crippen LogP contribution in [0.2, 0.25) is 5.28 Å². The lowest BCUT2D eigenvalue weighted by molar-refractivity contribution is 0.174. The molecule has 0 radical (unpaired) electrons. The minimum absolute atomic E-state index is 0.264. The van der Waals surface area contributed by atoms with Crippen molar-refractivity contribution >= 4 is 44.7 Å². The minimum Gasteiger partial charge on any atom is -0.454 e. The van der Waals surface area contributed by atoms with Gasteiger partial charge < -0.3 is 14.8 Å². The Morgan fingerprint density at radius 2 is 2.04 bits per heavy atom. The number of thiophene rings is 1. The molecule has 0 saturated carbocycles. The molecule has 3 aromatic rings. The van der Waals surface area contributed by atoms with E-state index in [1.807, 2.05) is 18.2 Å². The summed E-state index contributed by atoms with van der Waals surface area (Å²) in [6.45, 7) is 0.264. The lowest BCUT2D eigenvalue weighted by Gasteiger charge is -2.09. The molecule has 0 bridgehead atoms. The molecule has 1 N–H and O–H groups in total. The SMILES string of the molecule is Clc1nc(Nc2ccc3c(c2)OCO3)c2c3c(sc2n1)CCC3. The number of aromatic nitrogens is 2. The van der Waals surface area contributed by atoms with Crippen molar-refractivity contribution in [1.29, 1.82) is 0 Å². The van der Waals surface area contributed by atoms with Crippen molar-refractivity contribution in [1.82, 2.24) is 9.97 Å². The largest absolute Gasteiger partial charge is 0.454 e. The molecule has 1 aliphatic carbocycles. The first-order valence-electron chi connectivity index (χ1n) is 7.42. The van der Waals surface area contributed by atoms with Crippen molar-refractivity contribution < 1.29 is 9.47 Å². The van der Waals surface area contributed by atoms with Crippen LogP contribution in [0.4, 0.5) is 11.5 Å². The fourth-order valence-corrected chi connectivity index (χ4v) is 4.65. The molecule has 1 aliphatic heterocycles. The van der Waals surface area contributed by atoms with E-state index in [1.54, 1.807) is 11.3 Å². The second-order valence-corrected chi connectivity index (χ2v) is 6.99. The quantitative estimate of drug-likeness (QED) is 0.701. The summed E-state index contributed by atoms with van der Waals surface area (Å²) in [6, 6.07) is 5.75.